The Bertz CT molecular complexity index is 762. The molecule has 0 aliphatic rings. The van der Waals surface area contributed by atoms with Gasteiger partial charge in [-0.1, -0.05) is 52.0 Å². The summed E-state index contributed by atoms with van der Waals surface area (Å²) in [5.41, 5.74) is 3.86. The van der Waals surface area contributed by atoms with Gasteiger partial charge in [-0.05, 0) is 49.3 Å². The minimum absolute atomic E-state index is 0.0840. The summed E-state index contributed by atoms with van der Waals surface area (Å²) in [5, 5.41) is 14.2. The van der Waals surface area contributed by atoms with E-state index in [0.29, 0.717) is 23.4 Å². The fourth-order valence-corrected chi connectivity index (χ4v) is 2.87. The second-order valence-electron chi connectivity index (χ2n) is 7.34. The van der Waals surface area contributed by atoms with Gasteiger partial charge in [-0.3, -0.25) is 0 Å². The average molecular weight is 340 g/mol. The van der Waals surface area contributed by atoms with E-state index in [-0.39, 0.29) is 5.41 Å². The van der Waals surface area contributed by atoms with Crippen molar-refractivity contribution in [1.29, 1.82) is 0 Å². The lowest BCUT2D eigenvalue weighted by Gasteiger charge is -2.19. The van der Waals surface area contributed by atoms with E-state index in [2.05, 4.69) is 57.1 Å². The van der Waals surface area contributed by atoms with Gasteiger partial charge in [0, 0.05) is 0 Å². The molecule has 0 radical (unpaired) electrons. The highest BCUT2D eigenvalue weighted by molar-refractivity contribution is 5.90. The van der Waals surface area contributed by atoms with Crippen LogP contribution in [0.25, 0.3) is 5.69 Å². The Hall–Kier alpha value is -2.36. The van der Waals surface area contributed by atoms with Crippen molar-refractivity contribution >= 4 is 5.97 Å². The molecule has 0 aliphatic heterocycles. The van der Waals surface area contributed by atoms with E-state index >= 15 is 0 Å². The van der Waals surface area contributed by atoms with Crippen molar-refractivity contribution in [2.45, 2.75) is 59.3 Å². The molecule has 2 aromatic rings. The monoisotopic (exact) mass is 340 g/mol. The third kappa shape index (κ3) is 4.38. The summed E-state index contributed by atoms with van der Waals surface area (Å²) in [4.78, 5) is 11.7. The summed E-state index contributed by atoms with van der Waals surface area (Å²) < 4.78 is 1.74. The molecule has 0 aliphatic carbocycles. The Morgan fingerprint density at radius 3 is 2.36 bits per heavy atom. The number of nitrogens with zero attached hydrogens (tertiary/aromatic N) is 2. The summed E-state index contributed by atoms with van der Waals surface area (Å²) in [5.74, 6) is -0.912. The van der Waals surface area contributed by atoms with E-state index in [1.54, 1.807) is 4.68 Å². The van der Waals surface area contributed by atoms with Gasteiger partial charge in [0.15, 0.2) is 0 Å². The first-order valence-corrected chi connectivity index (χ1v) is 8.83. The van der Waals surface area contributed by atoms with Gasteiger partial charge >= 0.3 is 5.97 Å². The summed E-state index contributed by atoms with van der Waals surface area (Å²) in [6.45, 7) is 10.4. The maximum Gasteiger partial charge on any atom is 0.339 e. The van der Waals surface area contributed by atoms with Crippen molar-refractivity contribution in [1.82, 2.24) is 9.78 Å². The highest BCUT2D eigenvalue weighted by atomic mass is 16.4. The van der Waals surface area contributed by atoms with Crippen LogP contribution in [0.4, 0.5) is 0 Å². The molecule has 4 nitrogen and oxygen atoms in total. The van der Waals surface area contributed by atoms with Crippen molar-refractivity contribution in [2.75, 3.05) is 0 Å². The number of benzene rings is 1. The molecule has 0 bridgehead atoms. The van der Waals surface area contributed by atoms with Gasteiger partial charge in [-0.25, -0.2) is 9.48 Å². The first-order valence-electron chi connectivity index (χ1n) is 8.83. The van der Waals surface area contributed by atoms with Crippen LogP contribution in [0.1, 0.15) is 67.8 Å². The number of allylic oxidation sites excluding steroid dienone is 2. The van der Waals surface area contributed by atoms with Gasteiger partial charge in [0.05, 0.1) is 17.1 Å². The lowest BCUT2D eigenvalue weighted by Crippen LogP contribution is -2.11. The lowest BCUT2D eigenvalue weighted by molar-refractivity contribution is 0.0695. The van der Waals surface area contributed by atoms with E-state index in [1.807, 2.05) is 19.1 Å². The Kier molecular flexibility index (Phi) is 5.83. The molecule has 134 valence electrons. The van der Waals surface area contributed by atoms with Crippen molar-refractivity contribution in [3.05, 3.63) is 58.9 Å². The van der Waals surface area contributed by atoms with Crippen LogP contribution < -0.4 is 0 Å². The zero-order valence-corrected chi connectivity index (χ0v) is 15.8. The maximum absolute atomic E-state index is 11.7. The van der Waals surface area contributed by atoms with Crippen LogP contribution in [0.3, 0.4) is 0 Å². The number of carboxylic acid groups (broad SMARTS) is 1. The molecule has 4 heteroatoms. The van der Waals surface area contributed by atoms with Crippen LogP contribution in [-0.2, 0) is 11.8 Å². The number of hydrogen-bond acceptors (Lipinski definition) is 2. The summed E-state index contributed by atoms with van der Waals surface area (Å²) >= 11 is 0. The largest absolute Gasteiger partial charge is 0.478 e. The summed E-state index contributed by atoms with van der Waals surface area (Å²) in [6.07, 6.45) is 6.59. The van der Waals surface area contributed by atoms with Crippen molar-refractivity contribution in [2.24, 2.45) is 0 Å². The third-order valence-corrected chi connectivity index (χ3v) is 4.33. The van der Waals surface area contributed by atoms with E-state index in [9.17, 15) is 9.90 Å². The number of aromatic carboxylic acids is 1. The first kappa shape index (κ1) is 19.0. The topological polar surface area (TPSA) is 55.1 Å². The van der Waals surface area contributed by atoms with E-state index in [4.69, 9.17) is 0 Å². The van der Waals surface area contributed by atoms with Gasteiger partial charge in [0.1, 0.15) is 5.56 Å². The van der Waals surface area contributed by atoms with Gasteiger partial charge < -0.3 is 5.11 Å². The highest BCUT2D eigenvalue weighted by Gasteiger charge is 2.21. The second-order valence-corrected chi connectivity index (χ2v) is 7.34. The minimum atomic E-state index is -0.912. The minimum Gasteiger partial charge on any atom is -0.478 e. The molecule has 0 spiro atoms. The summed E-state index contributed by atoms with van der Waals surface area (Å²) in [6, 6.07) is 8.18. The second kappa shape index (κ2) is 7.68. The number of aryl methyl sites for hydroxylation is 1. The van der Waals surface area contributed by atoms with Gasteiger partial charge in [0.25, 0.3) is 0 Å². The molecule has 0 unspecified atom stereocenters. The molecule has 0 fully saturated rings. The number of carboxylic acids is 1. The molecule has 2 rings (SSSR count). The predicted molar refractivity (Wildman–Crippen MR) is 102 cm³/mol. The number of hydrogen-bond donors (Lipinski definition) is 1. The Balaban J connectivity index is 2.38. The standard InChI is InChI=1S/C21H28N2O2/c1-6-7-8-9-10-18-19(20(24)25)15(2)23(22-18)17-13-11-16(12-14-17)21(3,4)5/h7-8,11-14H,6,9-10H2,1-5H3,(H,24,25)/b8-7-. The van der Waals surface area contributed by atoms with Crippen LogP contribution in [0.5, 0.6) is 0 Å². The first-order chi connectivity index (χ1) is 11.8. The zero-order valence-electron chi connectivity index (χ0n) is 15.8. The van der Waals surface area contributed by atoms with Gasteiger partial charge in [-0.2, -0.15) is 5.10 Å². The van der Waals surface area contributed by atoms with Gasteiger partial charge in [0.2, 0.25) is 0 Å². The maximum atomic E-state index is 11.7. The molecule has 1 heterocycles. The van der Waals surface area contributed by atoms with Crippen LogP contribution in [-0.4, -0.2) is 20.9 Å². The Morgan fingerprint density at radius 1 is 1.20 bits per heavy atom. The summed E-state index contributed by atoms with van der Waals surface area (Å²) in [7, 11) is 0. The van der Waals surface area contributed by atoms with E-state index in [0.717, 1.165) is 18.5 Å². The fourth-order valence-electron chi connectivity index (χ4n) is 2.87. The number of carbonyl (C=O) groups is 1. The predicted octanol–water partition coefficient (Wildman–Crippen LogP) is 5.08. The average Bonchev–Trinajstić information content (AvgIpc) is 2.87. The number of aromatic nitrogens is 2. The fraction of sp³-hybridized carbons (Fsp3) is 0.429. The van der Waals surface area contributed by atoms with Crippen molar-refractivity contribution in [3.8, 4) is 5.69 Å². The zero-order chi connectivity index (χ0) is 18.6. The van der Waals surface area contributed by atoms with Crippen LogP contribution in [0.2, 0.25) is 0 Å². The molecule has 1 aromatic carbocycles. The normalized spacial score (nSPS) is 12.0. The van der Waals surface area contributed by atoms with Crippen LogP contribution in [0, 0.1) is 6.92 Å². The molecule has 25 heavy (non-hydrogen) atoms. The van der Waals surface area contributed by atoms with Crippen LogP contribution >= 0.6 is 0 Å². The van der Waals surface area contributed by atoms with Gasteiger partial charge in [-0.15, -0.1) is 0 Å². The van der Waals surface area contributed by atoms with Crippen molar-refractivity contribution in [3.63, 3.8) is 0 Å². The van der Waals surface area contributed by atoms with E-state index in [1.165, 1.54) is 5.56 Å². The SMILES string of the molecule is CC/C=C\CCc1nn(-c2ccc(C(C)(C)C)cc2)c(C)c1C(=O)O. The smallest absolute Gasteiger partial charge is 0.339 e. The molecular weight excluding hydrogens is 312 g/mol. The third-order valence-electron chi connectivity index (χ3n) is 4.33. The Morgan fingerprint density at radius 2 is 1.84 bits per heavy atom. The molecular formula is C21H28N2O2. The van der Waals surface area contributed by atoms with Crippen molar-refractivity contribution < 1.29 is 9.90 Å². The highest BCUT2D eigenvalue weighted by Crippen LogP contribution is 2.25. The molecule has 1 N–H and O–H groups in total. The number of rotatable bonds is 6. The lowest BCUT2D eigenvalue weighted by atomic mass is 9.87. The van der Waals surface area contributed by atoms with E-state index < -0.39 is 5.97 Å². The molecule has 1 aromatic heterocycles. The Labute approximate surface area is 150 Å². The quantitative estimate of drug-likeness (QED) is 0.746. The molecule has 0 atom stereocenters. The molecule has 0 saturated carbocycles. The molecule has 0 saturated heterocycles. The van der Waals surface area contributed by atoms with Crippen LogP contribution in [0.15, 0.2) is 36.4 Å². The molecule has 0 amide bonds.